The van der Waals surface area contributed by atoms with Crippen LogP contribution in [-0.2, 0) is 4.79 Å². The van der Waals surface area contributed by atoms with E-state index in [0.717, 1.165) is 11.1 Å². The zero-order valence-corrected chi connectivity index (χ0v) is 12.9. The third kappa shape index (κ3) is 3.11. The fourth-order valence-electron chi connectivity index (χ4n) is 2.82. The van der Waals surface area contributed by atoms with Gasteiger partial charge >= 0.3 is 5.97 Å². The van der Waals surface area contributed by atoms with Gasteiger partial charge in [0.05, 0.1) is 5.92 Å². The molecule has 0 bridgehead atoms. The zero-order valence-electron chi connectivity index (χ0n) is 12.9. The fourth-order valence-corrected chi connectivity index (χ4v) is 2.82. The summed E-state index contributed by atoms with van der Waals surface area (Å²) in [6.07, 6.45) is 2.53. The van der Waals surface area contributed by atoms with Gasteiger partial charge in [-0.1, -0.05) is 29.8 Å². The molecule has 23 heavy (non-hydrogen) atoms. The van der Waals surface area contributed by atoms with E-state index in [9.17, 15) is 9.59 Å². The highest BCUT2D eigenvalue weighted by atomic mass is 16.4. The summed E-state index contributed by atoms with van der Waals surface area (Å²) in [7, 11) is 0. The van der Waals surface area contributed by atoms with Gasteiger partial charge in [-0.25, -0.2) is 4.98 Å². The molecule has 1 fully saturated rings. The summed E-state index contributed by atoms with van der Waals surface area (Å²) in [5.41, 5.74) is 2.13. The Morgan fingerprint density at radius 3 is 2.74 bits per heavy atom. The average molecular weight is 314 g/mol. The zero-order chi connectivity index (χ0) is 16.4. The summed E-state index contributed by atoms with van der Waals surface area (Å²) < 4.78 is 5.40. The number of carboxylic acids is 1. The molecule has 2 heterocycles. The predicted octanol–water partition coefficient (Wildman–Crippen LogP) is 2.59. The molecule has 1 aliphatic rings. The molecule has 1 aromatic heterocycles. The number of likely N-dealkylation sites (tertiary alicyclic amines) is 1. The van der Waals surface area contributed by atoms with Gasteiger partial charge < -0.3 is 14.4 Å². The second-order valence-electron chi connectivity index (χ2n) is 5.82. The van der Waals surface area contributed by atoms with E-state index in [0.29, 0.717) is 25.1 Å². The SMILES string of the molecule is Cc1ccc(-c2ocnc2C(=O)N2CCC[C@H](C(=O)O)C2)cc1. The van der Waals surface area contributed by atoms with Crippen LogP contribution in [0.2, 0.25) is 0 Å². The van der Waals surface area contributed by atoms with Gasteiger partial charge in [-0.15, -0.1) is 0 Å². The van der Waals surface area contributed by atoms with Crippen molar-refractivity contribution in [1.82, 2.24) is 9.88 Å². The Kier molecular flexibility index (Phi) is 4.14. The van der Waals surface area contributed by atoms with Gasteiger partial charge in [0, 0.05) is 18.7 Å². The number of oxazole rings is 1. The number of aryl methyl sites for hydroxylation is 1. The third-order valence-electron chi connectivity index (χ3n) is 4.14. The van der Waals surface area contributed by atoms with E-state index >= 15 is 0 Å². The number of carbonyl (C=O) groups excluding carboxylic acids is 1. The van der Waals surface area contributed by atoms with Crippen molar-refractivity contribution in [2.45, 2.75) is 19.8 Å². The maximum Gasteiger partial charge on any atom is 0.308 e. The number of rotatable bonds is 3. The third-order valence-corrected chi connectivity index (χ3v) is 4.14. The van der Waals surface area contributed by atoms with E-state index in [1.165, 1.54) is 6.39 Å². The second-order valence-corrected chi connectivity index (χ2v) is 5.82. The molecule has 1 aliphatic heterocycles. The van der Waals surface area contributed by atoms with E-state index in [1.807, 2.05) is 31.2 Å². The highest BCUT2D eigenvalue weighted by molar-refractivity contribution is 5.97. The number of carboxylic acid groups (broad SMARTS) is 1. The maximum absolute atomic E-state index is 12.7. The lowest BCUT2D eigenvalue weighted by Crippen LogP contribution is -2.42. The van der Waals surface area contributed by atoms with Crippen molar-refractivity contribution in [1.29, 1.82) is 0 Å². The van der Waals surface area contributed by atoms with Crippen LogP contribution in [0.1, 0.15) is 28.9 Å². The topological polar surface area (TPSA) is 83.6 Å². The van der Waals surface area contributed by atoms with Crippen molar-refractivity contribution < 1.29 is 19.1 Å². The first-order valence-corrected chi connectivity index (χ1v) is 7.59. The maximum atomic E-state index is 12.7. The van der Waals surface area contributed by atoms with Crippen molar-refractivity contribution in [3.63, 3.8) is 0 Å². The van der Waals surface area contributed by atoms with Gasteiger partial charge in [0.25, 0.3) is 5.91 Å². The van der Waals surface area contributed by atoms with Crippen LogP contribution in [0.3, 0.4) is 0 Å². The van der Waals surface area contributed by atoms with Gasteiger partial charge in [-0.2, -0.15) is 0 Å². The number of piperidine rings is 1. The number of amides is 1. The van der Waals surface area contributed by atoms with Crippen molar-refractivity contribution >= 4 is 11.9 Å². The summed E-state index contributed by atoms with van der Waals surface area (Å²) in [6, 6.07) is 7.63. The van der Waals surface area contributed by atoms with Gasteiger partial charge in [-0.3, -0.25) is 9.59 Å². The molecule has 0 radical (unpaired) electrons. The average Bonchev–Trinajstić information content (AvgIpc) is 3.04. The molecule has 6 nitrogen and oxygen atoms in total. The Balaban J connectivity index is 1.85. The molecule has 0 spiro atoms. The molecule has 0 unspecified atom stereocenters. The normalized spacial score (nSPS) is 18.0. The Bertz CT molecular complexity index is 720. The number of aliphatic carboxylic acids is 1. The van der Waals surface area contributed by atoms with E-state index in [-0.39, 0.29) is 18.1 Å². The largest absolute Gasteiger partial charge is 0.481 e. The first kappa shape index (κ1) is 15.3. The second kappa shape index (κ2) is 6.24. The number of benzene rings is 1. The minimum atomic E-state index is -0.860. The smallest absolute Gasteiger partial charge is 0.308 e. The minimum Gasteiger partial charge on any atom is -0.481 e. The molecule has 1 aromatic carbocycles. The number of hydrogen-bond donors (Lipinski definition) is 1. The van der Waals surface area contributed by atoms with E-state index < -0.39 is 11.9 Å². The minimum absolute atomic E-state index is 0.217. The quantitative estimate of drug-likeness (QED) is 0.941. The molecular formula is C17H18N2O4. The van der Waals surface area contributed by atoms with Crippen LogP contribution in [0.15, 0.2) is 35.1 Å². The first-order chi connectivity index (χ1) is 11.1. The first-order valence-electron chi connectivity index (χ1n) is 7.59. The lowest BCUT2D eigenvalue weighted by molar-refractivity contribution is -0.143. The lowest BCUT2D eigenvalue weighted by Gasteiger charge is -2.30. The van der Waals surface area contributed by atoms with Crippen molar-refractivity contribution in [3.8, 4) is 11.3 Å². The van der Waals surface area contributed by atoms with Crippen molar-refractivity contribution in [2.24, 2.45) is 5.92 Å². The van der Waals surface area contributed by atoms with Crippen LogP contribution >= 0.6 is 0 Å². The number of aromatic nitrogens is 1. The van der Waals surface area contributed by atoms with Gasteiger partial charge in [-0.05, 0) is 19.8 Å². The Morgan fingerprint density at radius 2 is 2.04 bits per heavy atom. The summed E-state index contributed by atoms with van der Waals surface area (Å²) in [5, 5.41) is 9.15. The molecule has 0 aliphatic carbocycles. The predicted molar refractivity (Wildman–Crippen MR) is 82.9 cm³/mol. The molecular weight excluding hydrogens is 296 g/mol. The van der Waals surface area contributed by atoms with E-state index in [4.69, 9.17) is 9.52 Å². The summed E-state index contributed by atoms with van der Waals surface area (Å²) in [4.78, 5) is 29.5. The highest BCUT2D eigenvalue weighted by Crippen LogP contribution is 2.26. The Morgan fingerprint density at radius 1 is 1.30 bits per heavy atom. The molecule has 2 aromatic rings. The standard InChI is InChI=1S/C17H18N2O4/c1-11-4-6-12(7-5-11)15-14(18-10-23-15)16(20)19-8-2-3-13(9-19)17(21)22/h4-7,10,13H,2-3,8-9H2,1H3,(H,21,22)/t13-/m0/s1. The summed E-state index contributed by atoms with van der Waals surface area (Å²) >= 11 is 0. The molecule has 1 amide bonds. The van der Waals surface area contributed by atoms with Gasteiger partial charge in [0.2, 0.25) is 0 Å². The number of carbonyl (C=O) groups is 2. The van der Waals surface area contributed by atoms with Crippen LogP contribution in [0.25, 0.3) is 11.3 Å². The van der Waals surface area contributed by atoms with Crippen LogP contribution in [0.5, 0.6) is 0 Å². The molecule has 6 heteroatoms. The highest BCUT2D eigenvalue weighted by Gasteiger charge is 2.31. The number of nitrogens with zero attached hydrogens (tertiary/aromatic N) is 2. The fraction of sp³-hybridized carbons (Fsp3) is 0.353. The van der Waals surface area contributed by atoms with Gasteiger partial charge in [0.1, 0.15) is 0 Å². The van der Waals surface area contributed by atoms with Crippen LogP contribution < -0.4 is 0 Å². The van der Waals surface area contributed by atoms with Crippen LogP contribution in [0.4, 0.5) is 0 Å². The monoisotopic (exact) mass is 314 g/mol. The van der Waals surface area contributed by atoms with Crippen molar-refractivity contribution in [2.75, 3.05) is 13.1 Å². The molecule has 1 atom stereocenters. The summed E-state index contributed by atoms with van der Waals surface area (Å²) in [5.74, 6) is -1.23. The van der Waals surface area contributed by atoms with Crippen LogP contribution in [-0.4, -0.2) is 40.0 Å². The van der Waals surface area contributed by atoms with Crippen molar-refractivity contribution in [3.05, 3.63) is 41.9 Å². The van der Waals surface area contributed by atoms with Crippen LogP contribution in [0, 0.1) is 12.8 Å². The molecule has 0 saturated carbocycles. The number of hydrogen-bond acceptors (Lipinski definition) is 4. The van der Waals surface area contributed by atoms with Gasteiger partial charge in [0.15, 0.2) is 17.8 Å². The summed E-state index contributed by atoms with van der Waals surface area (Å²) in [6.45, 7) is 2.74. The lowest BCUT2D eigenvalue weighted by atomic mass is 9.98. The molecule has 3 rings (SSSR count). The Labute approximate surface area is 133 Å². The molecule has 120 valence electrons. The Hall–Kier alpha value is -2.63. The molecule has 1 saturated heterocycles. The molecule has 1 N–H and O–H groups in total. The van der Waals surface area contributed by atoms with E-state index in [1.54, 1.807) is 4.90 Å². The van der Waals surface area contributed by atoms with E-state index in [2.05, 4.69) is 4.98 Å².